The molecule has 0 amide bonds. The van der Waals surface area contributed by atoms with Crippen LogP contribution in [0, 0.1) is 0 Å². The summed E-state index contributed by atoms with van der Waals surface area (Å²) in [6.45, 7) is 1.86. The van der Waals surface area contributed by atoms with Crippen molar-refractivity contribution in [1.29, 1.82) is 0 Å². The van der Waals surface area contributed by atoms with Gasteiger partial charge in [-0.05, 0) is 24.6 Å². The van der Waals surface area contributed by atoms with Crippen molar-refractivity contribution in [2.75, 3.05) is 0 Å². The zero-order chi connectivity index (χ0) is 13.0. The van der Waals surface area contributed by atoms with Crippen LogP contribution in [0.2, 0.25) is 0 Å². The van der Waals surface area contributed by atoms with Crippen LogP contribution in [-0.4, -0.2) is 5.97 Å². The molecule has 0 heterocycles. The number of rotatable bonds is 3. The molecule has 2 aromatic carbocycles. The number of thiol groups is 1. The molecule has 18 heavy (non-hydrogen) atoms. The monoisotopic (exact) mass is 258 g/mol. The van der Waals surface area contributed by atoms with E-state index in [1.165, 1.54) is 0 Å². The van der Waals surface area contributed by atoms with E-state index in [1.54, 1.807) is 18.2 Å². The number of hydrogen-bond donors (Lipinski definition) is 1. The third-order valence-corrected chi connectivity index (χ3v) is 3.07. The van der Waals surface area contributed by atoms with E-state index in [0.29, 0.717) is 10.5 Å². The van der Waals surface area contributed by atoms with Crippen molar-refractivity contribution in [1.82, 2.24) is 0 Å². The van der Waals surface area contributed by atoms with Gasteiger partial charge < -0.3 is 4.74 Å². The molecule has 0 N–H and O–H groups in total. The van der Waals surface area contributed by atoms with Crippen LogP contribution in [0.15, 0.2) is 59.5 Å². The maximum absolute atomic E-state index is 12.0. The standard InChI is InChI=1S/C15H14O2S/c1-11(12-7-3-2-4-8-12)17-15(16)13-9-5-6-10-14(13)18/h2-11,18H,1H3. The average Bonchev–Trinajstić information content (AvgIpc) is 2.40. The van der Waals surface area contributed by atoms with Gasteiger partial charge in [-0.1, -0.05) is 42.5 Å². The van der Waals surface area contributed by atoms with Crippen LogP contribution < -0.4 is 0 Å². The van der Waals surface area contributed by atoms with Gasteiger partial charge in [0.05, 0.1) is 5.56 Å². The topological polar surface area (TPSA) is 26.3 Å². The average molecular weight is 258 g/mol. The number of benzene rings is 2. The van der Waals surface area contributed by atoms with Gasteiger partial charge in [-0.25, -0.2) is 4.79 Å². The van der Waals surface area contributed by atoms with Crippen LogP contribution >= 0.6 is 12.6 Å². The Labute approximate surface area is 112 Å². The minimum absolute atomic E-state index is 0.272. The SMILES string of the molecule is CC(OC(=O)c1ccccc1S)c1ccccc1. The summed E-state index contributed by atoms with van der Waals surface area (Å²) in [5, 5.41) is 0. The Kier molecular flexibility index (Phi) is 4.05. The molecule has 92 valence electrons. The summed E-state index contributed by atoms with van der Waals surface area (Å²) in [5.41, 5.74) is 1.46. The molecule has 0 saturated carbocycles. The van der Waals surface area contributed by atoms with E-state index < -0.39 is 0 Å². The van der Waals surface area contributed by atoms with Crippen molar-refractivity contribution in [3.05, 3.63) is 65.7 Å². The third-order valence-electron chi connectivity index (χ3n) is 2.68. The summed E-state index contributed by atoms with van der Waals surface area (Å²) in [6, 6.07) is 16.8. The number of carbonyl (C=O) groups is 1. The second kappa shape index (κ2) is 5.74. The van der Waals surface area contributed by atoms with Gasteiger partial charge in [0.1, 0.15) is 6.10 Å². The first-order valence-electron chi connectivity index (χ1n) is 5.72. The van der Waals surface area contributed by atoms with E-state index in [0.717, 1.165) is 5.56 Å². The van der Waals surface area contributed by atoms with Gasteiger partial charge in [-0.2, -0.15) is 0 Å². The minimum atomic E-state index is -0.350. The highest BCUT2D eigenvalue weighted by Crippen LogP contribution is 2.20. The number of carbonyl (C=O) groups excluding carboxylic acids is 1. The van der Waals surface area contributed by atoms with Crippen LogP contribution in [0.5, 0.6) is 0 Å². The maximum Gasteiger partial charge on any atom is 0.339 e. The van der Waals surface area contributed by atoms with Crippen molar-refractivity contribution in [2.24, 2.45) is 0 Å². The van der Waals surface area contributed by atoms with Crippen LogP contribution in [0.1, 0.15) is 28.9 Å². The molecule has 1 atom stereocenters. The summed E-state index contributed by atoms with van der Waals surface area (Å²) in [6.07, 6.45) is -0.272. The molecule has 1 unspecified atom stereocenters. The largest absolute Gasteiger partial charge is 0.454 e. The molecule has 2 aromatic rings. The molecule has 0 bridgehead atoms. The van der Waals surface area contributed by atoms with Gasteiger partial charge in [0.15, 0.2) is 0 Å². The van der Waals surface area contributed by atoms with Gasteiger partial charge in [0, 0.05) is 4.90 Å². The lowest BCUT2D eigenvalue weighted by atomic mass is 10.1. The van der Waals surface area contributed by atoms with Crippen molar-refractivity contribution < 1.29 is 9.53 Å². The summed E-state index contributed by atoms with van der Waals surface area (Å²) in [4.78, 5) is 12.6. The van der Waals surface area contributed by atoms with Crippen molar-refractivity contribution in [3.8, 4) is 0 Å². The van der Waals surface area contributed by atoms with Gasteiger partial charge in [-0.15, -0.1) is 12.6 Å². The third kappa shape index (κ3) is 2.93. The number of ether oxygens (including phenoxy) is 1. The first-order valence-corrected chi connectivity index (χ1v) is 6.17. The first kappa shape index (κ1) is 12.7. The Hall–Kier alpha value is -1.74. The highest BCUT2D eigenvalue weighted by atomic mass is 32.1. The Morgan fingerprint density at radius 1 is 1.06 bits per heavy atom. The molecule has 0 aliphatic heterocycles. The molecular weight excluding hydrogens is 244 g/mol. The van der Waals surface area contributed by atoms with Gasteiger partial charge in [-0.3, -0.25) is 0 Å². The quantitative estimate of drug-likeness (QED) is 0.667. The van der Waals surface area contributed by atoms with E-state index >= 15 is 0 Å². The van der Waals surface area contributed by atoms with E-state index in [-0.39, 0.29) is 12.1 Å². The Morgan fingerprint density at radius 2 is 1.67 bits per heavy atom. The molecule has 0 spiro atoms. The Bertz CT molecular complexity index is 537. The van der Waals surface area contributed by atoms with Crippen LogP contribution in [0.4, 0.5) is 0 Å². The fourth-order valence-corrected chi connectivity index (χ4v) is 1.91. The molecule has 2 rings (SSSR count). The van der Waals surface area contributed by atoms with Crippen LogP contribution in [0.25, 0.3) is 0 Å². The lowest BCUT2D eigenvalue weighted by Gasteiger charge is -2.14. The predicted octanol–water partition coefficient (Wildman–Crippen LogP) is 3.89. The Morgan fingerprint density at radius 3 is 2.33 bits per heavy atom. The lowest BCUT2D eigenvalue weighted by Crippen LogP contribution is -2.09. The van der Waals surface area contributed by atoms with Gasteiger partial charge in [0.25, 0.3) is 0 Å². The molecule has 3 heteroatoms. The van der Waals surface area contributed by atoms with Crippen molar-refractivity contribution in [3.63, 3.8) is 0 Å². The minimum Gasteiger partial charge on any atom is -0.454 e. The summed E-state index contributed by atoms with van der Waals surface area (Å²) in [5.74, 6) is -0.350. The fraction of sp³-hybridized carbons (Fsp3) is 0.133. The van der Waals surface area contributed by atoms with Crippen molar-refractivity contribution >= 4 is 18.6 Å². The maximum atomic E-state index is 12.0. The van der Waals surface area contributed by atoms with E-state index in [4.69, 9.17) is 4.74 Å². The highest BCUT2D eigenvalue weighted by Gasteiger charge is 2.15. The summed E-state index contributed by atoms with van der Waals surface area (Å²) >= 11 is 4.25. The fourth-order valence-electron chi connectivity index (χ4n) is 1.66. The number of esters is 1. The molecular formula is C15H14O2S. The normalized spacial score (nSPS) is 11.9. The first-order chi connectivity index (χ1) is 8.68. The molecule has 0 radical (unpaired) electrons. The predicted molar refractivity (Wildman–Crippen MR) is 74.0 cm³/mol. The second-order valence-corrected chi connectivity index (χ2v) is 4.46. The van der Waals surface area contributed by atoms with E-state index in [9.17, 15) is 4.79 Å². The van der Waals surface area contributed by atoms with Crippen LogP contribution in [-0.2, 0) is 4.74 Å². The van der Waals surface area contributed by atoms with Gasteiger partial charge in [0.2, 0.25) is 0 Å². The van der Waals surface area contributed by atoms with E-state index in [2.05, 4.69) is 12.6 Å². The van der Waals surface area contributed by atoms with Crippen molar-refractivity contribution in [2.45, 2.75) is 17.9 Å². The number of hydrogen-bond acceptors (Lipinski definition) is 3. The van der Waals surface area contributed by atoms with Gasteiger partial charge >= 0.3 is 5.97 Å². The molecule has 0 aromatic heterocycles. The zero-order valence-corrected chi connectivity index (χ0v) is 10.9. The smallest absolute Gasteiger partial charge is 0.339 e. The molecule has 0 aliphatic carbocycles. The molecule has 0 saturated heterocycles. The lowest BCUT2D eigenvalue weighted by molar-refractivity contribution is 0.0334. The summed E-state index contributed by atoms with van der Waals surface area (Å²) in [7, 11) is 0. The summed E-state index contributed by atoms with van der Waals surface area (Å²) < 4.78 is 5.42. The highest BCUT2D eigenvalue weighted by molar-refractivity contribution is 7.80. The Balaban J connectivity index is 2.11. The molecule has 0 aliphatic rings. The zero-order valence-electron chi connectivity index (χ0n) is 10.0. The van der Waals surface area contributed by atoms with Crippen LogP contribution in [0.3, 0.4) is 0 Å². The molecule has 0 fully saturated rings. The molecule has 2 nitrogen and oxygen atoms in total. The second-order valence-electron chi connectivity index (χ2n) is 3.98. The van der Waals surface area contributed by atoms with E-state index in [1.807, 2.05) is 43.3 Å².